The van der Waals surface area contributed by atoms with E-state index in [0.717, 1.165) is 30.6 Å². The lowest BCUT2D eigenvalue weighted by atomic mass is 10.1. The quantitative estimate of drug-likeness (QED) is 0.511. The van der Waals surface area contributed by atoms with Gasteiger partial charge in [-0.05, 0) is 37.3 Å². The van der Waals surface area contributed by atoms with E-state index in [1.165, 1.54) is 17.5 Å². The predicted octanol–water partition coefficient (Wildman–Crippen LogP) is 2.06. The first-order chi connectivity index (χ1) is 16.0. The topological polar surface area (TPSA) is 118 Å². The molecule has 0 unspecified atom stereocenters. The number of rotatable bonds is 10. The van der Waals surface area contributed by atoms with Gasteiger partial charge < -0.3 is 20.3 Å². The maximum atomic E-state index is 13.3. The molecule has 1 aliphatic rings. The molecule has 0 bridgehead atoms. The van der Waals surface area contributed by atoms with Crippen LogP contribution in [0.15, 0.2) is 42.0 Å². The molecule has 0 spiro atoms. The molecule has 10 heteroatoms. The highest BCUT2D eigenvalue weighted by Gasteiger charge is 2.35. The first-order valence-corrected chi connectivity index (χ1v) is 11.8. The van der Waals surface area contributed by atoms with Crippen molar-refractivity contribution in [2.45, 2.75) is 44.7 Å². The van der Waals surface area contributed by atoms with Crippen LogP contribution in [0, 0.1) is 0 Å². The van der Waals surface area contributed by atoms with Crippen molar-refractivity contribution < 1.29 is 23.9 Å². The molecule has 0 saturated heterocycles. The van der Waals surface area contributed by atoms with E-state index in [9.17, 15) is 19.2 Å². The van der Waals surface area contributed by atoms with Crippen molar-refractivity contribution in [1.82, 2.24) is 20.5 Å². The van der Waals surface area contributed by atoms with Crippen molar-refractivity contribution in [1.29, 1.82) is 0 Å². The molecule has 1 fully saturated rings. The highest BCUT2D eigenvalue weighted by molar-refractivity contribution is 7.12. The second-order valence-corrected chi connectivity index (χ2v) is 8.61. The highest BCUT2D eigenvalue weighted by Crippen LogP contribution is 2.24. The molecule has 9 nitrogen and oxygen atoms in total. The monoisotopic (exact) mass is 472 g/mol. The van der Waals surface area contributed by atoms with Gasteiger partial charge in [0.1, 0.15) is 12.6 Å². The Balaban J connectivity index is 1.83. The molecule has 0 radical (unpaired) electrons. The van der Waals surface area contributed by atoms with E-state index in [1.807, 2.05) is 0 Å². The van der Waals surface area contributed by atoms with Gasteiger partial charge in [0.15, 0.2) is 0 Å². The van der Waals surface area contributed by atoms with Gasteiger partial charge in [0, 0.05) is 24.0 Å². The molecule has 1 saturated carbocycles. The van der Waals surface area contributed by atoms with Gasteiger partial charge in [-0.15, -0.1) is 11.3 Å². The lowest BCUT2D eigenvalue weighted by Gasteiger charge is -2.31. The van der Waals surface area contributed by atoms with Gasteiger partial charge in [-0.3, -0.25) is 24.2 Å². The van der Waals surface area contributed by atoms with Crippen LogP contribution >= 0.6 is 11.3 Å². The summed E-state index contributed by atoms with van der Waals surface area (Å²) in [6, 6.07) is 5.66. The second-order valence-electron chi connectivity index (χ2n) is 7.67. The number of carbonyl (C=O) groups is 4. The lowest BCUT2D eigenvalue weighted by molar-refractivity contribution is -0.152. The Morgan fingerprint density at radius 1 is 1.21 bits per heavy atom. The van der Waals surface area contributed by atoms with Gasteiger partial charge in [-0.2, -0.15) is 0 Å². The first kappa shape index (κ1) is 24.4. The third-order valence-electron chi connectivity index (χ3n) is 5.33. The van der Waals surface area contributed by atoms with Crippen LogP contribution in [0.1, 0.15) is 53.9 Å². The largest absolute Gasteiger partial charge is 0.465 e. The van der Waals surface area contributed by atoms with E-state index in [1.54, 1.807) is 42.8 Å². The van der Waals surface area contributed by atoms with Crippen LogP contribution in [-0.2, 0) is 19.1 Å². The average Bonchev–Trinajstić information content (AvgIpc) is 3.52. The summed E-state index contributed by atoms with van der Waals surface area (Å²) >= 11 is 1.25. The molecule has 33 heavy (non-hydrogen) atoms. The number of hydrogen-bond donors (Lipinski definition) is 2. The number of nitrogens with one attached hydrogen (secondary N) is 2. The van der Waals surface area contributed by atoms with Gasteiger partial charge >= 0.3 is 5.97 Å². The first-order valence-electron chi connectivity index (χ1n) is 11.0. The van der Waals surface area contributed by atoms with Gasteiger partial charge in [-0.1, -0.05) is 25.0 Å². The fourth-order valence-electron chi connectivity index (χ4n) is 3.78. The van der Waals surface area contributed by atoms with Crippen LogP contribution in [0.25, 0.3) is 0 Å². The number of thiophene rings is 1. The van der Waals surface area contributed by atoms with E-state index < -0.39 is 36.3 Å². The van der Waals surface area contributed by atoms with Crippen molar-refractivity contribution in [3.05, 3.63) is 52.5 Å². The third-order valence-corrected chi connectivity index (χ3v) is 6.20. The van der Waals surface area contributed by atoms with Crippen molar-refractivity contribution in [3.8, 4) is 0 Å². The summed E-state index contributed by atoms with van der Waals surface area (Å²) in [6.45, 7) is 1.00. The van der Waals surface area contributed by atoms with Crippen LogP contribution in [-0.4, -0.2) is 59.3 Å². The van der Waals surface area contributed by atoms with Gasteiger partial charge in [-0.25, -0.2) is 0 Å². The molecular weight excluding hydrogens is 444 g/mol. The van der Waals surface area contributed by atoms with E-state index in [2.05, 4.69) is 15.6 Å². The van der Waals surface area contributed by atoms with Crippen molar-refractivity contribution in [2.75, 3.05) is 19.7 Å². The number of nitrogens with zero attached hydrogens (tertiary/aromatic N) is 2. The Hall–Kier alpha value is -3.27. The normalized spacial score (nSPS) is 14.3. The standard InChI is InChI=1S/C23H28N4O5S/c1-2-32-20(29)15-27(19(28)14-25-22(30)18-10-6-12-33-18)21(16-7-5-11-24-13-16)23(31)26-17-8-3-4-9-17/h5-7,10-13,17,21H,2-4,8-9,14-15H2,1H3,(H,25,30)(H,26,31)/t21-/m1/s1. The molecule has 0 aliphatic heterocycles. The SMILES string of the molecule is CCOC(=O)CN(C(=O)CNC(=O)c1cccs1)[C@@H](C(=O)NC1CCCC1)c1cccnc1. The number of ether oxygens (including phenoxy) is 1. The summed E-state index contributed by atoms with van der Waals surface area (Å²) in [5, 5.41) is 7.34. The molecule has 176 valence electrons. The summed E-state index contributed by atoms with van der Waals surface area (Å²) in [4.78, 5) is 56.9. The molecule has 1 atom stereocenters. The minimum Gasteiger partial charge on any atom is -0.465 e. The van der Waals surface area contributed by atoms with Gasteiger partial charge in [0.05, 0.1) is 18.0 Å². The molecule has 2 aromatic heterocycles. The smallest absolute Gasteiger partial charge is 0.325 e. The molecule has 2 aromatic rings. The molecular formula is C23H28N4O5S. The fraction of sp³-hybridized carbons (Fsp3) is 0.435. The van der Waals surface area contributed by atoms with Crippen LogP contribution < -0.4 is 10.6 Å². The average molecular weight is 473 g/mol. The summed E-state index contributed by atoms with van der Waals surface area (Å²) in [5.41, 5.74) is 0.468. The zero-order valence-corrected chi connectivity index (χ0v) is 19.3. The molecule has 3 amide bonds. The summed E-state index contributed by atoms with van der Waals surface area (Å²) in [6.07, 6.45) is 6.86. The van der Waals surface area contributed by atoms with Crippen molar-refractivity contribution >= 4 is 35.0 Å². The number of esters is 1. The summed E-state index contributed by atoms with van der Waals surface area (Å²) in [5.74, 6) is -2.01. The minimum absolute atomic E-state index is 0.0229. The maximum Gasteiger partial charge on any atom is 0.325 e. The summed E-state index contributed by atoms with van der Waals surface area (Å²) in [7, 11) is 0. The Bertz CT molecular complexity index is 945. The predicted molar refractivity (Wildman–Crippen MR) is 122 cm³/mol. The van der Waals surface area contributed by atoms with Gasteiger partial charge in [0.25, 0.3) is 5.91 Å². The number of amides is 3. The van der Waals surface area contributed by atoms with Crippen LogP contribution in [0.2, 0.25) is 0 Å². The number of pyridine rings is 1. The fourth-order valence-corrected chi connectivity index (χ4v) is 4.42. The molecule has 0 aromatic carbocycles. The Morgan fingerprint density at radius 3 is 2.64 bits per heavy atom. The minimum atomic E-state index is -1.09. The third kappa shape index (κ3) is 6.85. The van der Waals surface area contributed by atoms with E-state index in [0.29, 0.717) is 10.4 Å². The van der Waals surface area contributed by atoms with Crippen LogP contribution in [0.4, 0.5) is 0 Å². The second kappa shape index (κ2) is 12.1. The zero-order valence-electron chi connectivity index (χ0n) is 18.5. The van der Waals surface area contributed by atoms with E-state index in [4.69, 9.17) is 4.74 Å². The van der Waals surface area contributed by atoms with E-state index >= 15 is 0 Å². The van der Waals surface area contributed by atoms with Crippen LogP contribution in [0.5, 0.6) is 0 Å². The Kier molecular flexibility index (Phi) is 8.94. The lowest BCUT2D eigenvalue weighted by Crippen LogP contribution is -2.50. The number of aromatic nitrogens is 1. The van der Waals surface area contributed by atoms with Crippen LogP contribution in [0.3, 0.4) is 0 Å². The molecule has 3 rings (SSSR count). The van der Waals surface area contributed by atoms with Gasteiger partial charge in [0.2, 0.25) is 11.8 Å². The Morgan fingerprint density at radius 2 is 2.00 bits per heavy atom. The number of carbonyl (C=O) groups excluding carboxylic acids is 4. The molecule has 2 heterocycles. The summed E-state index contributed by atoms with van der Waals surface area (Å²) < 4.78 is 5.04. The van der Waals surface area contributed by atoms with Crippen molar-refractivity contribution in [2.24, 2.45) is 0 Å². The highest BCUT2D eigenvalue weighted by atomic mass is 32.1. The molecule has 1 aliphatic carbocycles. The maximum absolute atomic E-state index is 13.3. The van der Waals surface area contributed by atoms with Crippen molar-refractivity contribution in [3.63, 3.8) is 0 Å². The number of hydrogen-bond acceptors (Lipinski definition) is 7. The Labute approximate surface area is 196 Å². The van der Waals surface area contributed by atoms with E-state index in [-0.39, 0.29) is 19.2 Å². The zero-order chi connectivity index (χ0) is 23.6. The molecule has 2 N–H and O–H groups in total.